The maximum absolute atomic E-state index is 13.2. The summed E-state index contributed by atoms with van der Waals surface area (Å²) in [7, 11) is 0. The van der Waals surface area contributed by atoms with Gasteiger partial charge in [0.2, 0.25) is 11.8 Å². The molecule has 0 bridgehead atoms. The standard InChI is InChI=1S/C13H14F3NO2S/c14-11-3-8-9(19-2-1-10(8)20-11)6-17-12(18)7-4-13(15,16)5-7/h3,7,9H,1-2,4-6H2,(H,17,18). The lowest BCUT2D eigenvalue weighted by molar-refractivity contribution is -0.150. The highest BCUT2D eigenvalue weighted by atomic mass is 32.1. The monoisotopic (exact) mass is 305 g/mol. The second-order valence-electron chi connectivity index (χ2n) is 5.24. The number of amides is 1. The lowest BCUT2D eigenvalue weighted by atomic mass is 9.81. The smallest absolute Gasteiger partial charge is 0.249 e. The van der Waals surface area contributed by atoms with E-state index in [0.717, 1.165) is 21.8 Å². The third-order valence-electron chi connectivity index (χ3n) is 3.73. The molecule has 0 spiro atoms. The summed E-state index contributed by atoms with van der Waals surface area (Å²) in [4.78, 5) is 12.6. The Morgan fingerprint density at radius 3 is 2.95 bits per heavy atom. The summed E-state index contributed by atoms with van der Waals surface area (Å²) >= 11 is 1.09. The summed E-state index contributed by atoms with van der Waals surface area (Å²) in [5, 5.41) is 2.36. The van der Waals surface area contributed by atoms with E-state index < -0.39 is 11.8 Å². The van der Waals surface area contributed by atoms with Crippen molar-refractivity contribution in [1.29, 1.82) is 0 Å². The molecule has 7 heteroatoms. The lowest BCUT2D eigenvalue weighted by Crippen LogP contribution is -2.46. The average Bonchev–Trinajstić information content (AvgIpc) is 2.73. The molecular weight excluding hydrogens is 291 g/mol. The van der Waals surface area contributed by atoms with Gasteiger partial charge in [-0.15, -0.1) is 11.3 Å². The molecule has 2 heterocycles. The van der Waals surface area contributed by atoms with Crippen molar-refractivity contribution < 1.29 is 22.7 Å². The number of ether oxygens (including phenoxy) is 1. The molecule has 1 atom stereocenters. The maximum Gasteiger partial charge on any atom is 0.249 e. The molecule has 1 aromatic heterocycles. The van der Waals surface area contributed by atoms with Crippen LogP contribution in [0.3, 0.4) is 0 Å². The molecule has 1 amide bonds. The number of thiophene rings is 1. The molecule has 1 unspecified atom stereocenters. The summed E-state index contributed by atoms with van der Waals surface area (Å²) in [6.45, 7) is 0.680. The summed E-state index contributed by atoms with van der Waals surface area (Å²) in [5.41, 5.74) is 0.762. The molecule has 2 aliphatic rings. The van der Waals surface area contributed by atoms with Crippen molar-refractivity contribution in [2.75, 3.05) is 13.2 Å². The van der Waals surface area contributed by atoms with Crippen LogP contribution in [0.15, 0.2) is 6.07 Å². The molecule has 1 saturated carbocycles. The number of hydrogen-bond acceptors (Lipinski definition) is 3. The number of hydrogen-bond donors (Lipinski definition) is 1. The van der Waals surface area contributed by atoms with Gasteiger partial charge >= 0.3 is 0 Å². The van der Waals surface area contributed by atoms with Crippen LogP contribution in [-0.2, 0) is 16.0 Å². The Morgan fingerprint density at radius 1 is 1.50 bits per heavy atom. The van der Waals surface area contributed by atoms with E-state index in [9.17, 15) is 18.0 Å². The zero-order valence-electron chi connectivity index (χ0n) is 10.6. The van der Waals surface area contributed by atoms with Gasteiger partial charge in [-0.25, -0.2) is 8.78 Å². The van der Waals surface area contributed by atoms with Crippen molar-refractivity contribution in [3.63, 3.8) is 0 Å². The number of carbonyl (C=O) groups excluding carboxylic acids is 1. The van der Waals surface area contributed by atoms with Crippen LogP contribution in [0.5, 0.6) is 0 Å². The first-order valence-electron chi connectivity index (χ1n) is 6.50. The maximum atomic E-state index is 13.2. The van der Waals surface area contributed by atoms with Gasteiger partial charge in [0.25, 0.3) is 0 Å². The fourth-order valence-corrected chi connectivity index (χ4v) is 3.53. The quantitative estimate of drug-likeness (QED) is 0.932. The lowest BCUT2D eigenvalue weighted by Gasteiger charge is -2.34. The summed E-state index contributed by atoms with van der Waals surface area (Å²) in [6.07, 6.45) is -0.488. The van der Waals surface area contributed by atoms with Gasteiger partial charge in [-0.05, 0) is 11.6 Å². The fraction of sp³-hybridized carbons (Fsp3) is 0.615. The number of rotatable bonds is 3. The highest BCUT2D eigenvalue weighted by molar-refractivity contribution is 7.10. The van der Waals surface area contributed by atoms with Gasteiger partial charge in [0.1, 0.15) is 6.10 Å². The molecular formula is C13H14F3NO2S. The second-order valence-corrected chi connectivity index (χ2v) is 6.33. The van der Waals surface area contributed by atoms with Crippen LogP contribution in [-0.4, -0.2) is 25.0 Å². The SMILES string of the molecule is O=C(NCC1OCCc2sc(F)cc21)C1CC(F)(F)C1. The third-order valence-corrected chi connectivity index (χ3v) is 4.73. The van der Waals surface area contributed by atoms with Gasteiger partial charge in [-0.1, -0.05) is 0 Å². The largest absolute Gasteiger partial charge is 0.371 e. The topological polar surface area (TPSA) is 38.3 Å². The molecule has 1 fully saturated rings. The van der Waals surface area contributed by atoms with E-state index in [2.05, 4.69) is 5.32 Å². The van der Waals surface area contributed by atoms with Gasteiger partial charge in [0.15, 0.2) is 5.13 Å². The number of halogens is 3. The van der Waals surface area contributed by atoms with E-state index in [0.29, 0.717) is 13.0 Å². The van der Waals surface area contributed by atoms with Crippen LogP contribution >= 0.6 is 11.3 Å². The molecule has 0 aromatic carbocycles. The van der Waals surface area contributed by atoms with Crippen molar-refractivity contribution in [1.82, 2.24) is 5.32 Å². The van der Waals surface area contributed by atoms with Gasteiger partial charge in [-0.2, -0.15) is 4.39 Å². The highest BCUT2D eigenvalue weighted by Gasteiger charge is 2.48. The van der Waals surface area contributed by atoms with Crippen molar-refractivity contribution in [2.24, 2.45) is 5.92 Å². The minimum Gasteiger partial charge on any atom is -0.371 e. The minimum absolute atomic E-state index is 0.198. The van der Waals surface area contributed by atoms with Gasteiger partial charge in [-0.3, -0.25) is 4.79 Å². The first kappa shape index (κ1) is 13.9. The van der Waals surface area contributed by atoms with Gasteiger partial charge in [0, 0.05) is 36.6 Å². The number of alkyl halides is 2. The Hall–Kier alpha value is -1.08. The predicted molar refractivity (Wildman–Crippen MR) is 67.4 cm³/mol. The van der Waals surface area contributed by atoms with E-state index in [1.165, 1.54) is 6.07 Å². The molecule has 1 aromatic rings. The second kappa shape index (κ2) is 5.04. The molecule has 1 aliphatic heterocycles. The molecule has 0 saturated heterocycles. The summed E-state index contributed by atoms with van der Waals surface area (Å²) in [5.74, 6) is -3.69. The van der Waals surface area contributed by atoms with Crippen LogP contribution in [0.25, 0.3) is 0 Å². The fourth-order valence-electron chi connectivity index (χ4n) is 2.61. The Morgan fingerprint density at radius 2 is 2.25 bits per heavy atom. The molecule has 0 radical (unpaired) electrons. The molecule has 3 rings (SSSR count). The van der Waals surface area contributed by atoms with E-state index in [1.54, 1.807) is 0 Å². The van der Waals surface area contributed by atoms with Crippen LogP contribution in [0.1, 0.15) is 29.4 Å². The molecule has 1 N–H and O–H groups in total. The highest BCUT2D eigenvalue weighted by Crippen LogP contribution is 2.42. The Labute approximate surface area is 118 Å². The van der Waals surface area contributed by atoms with Crippen LogP contribution in [0.4, 0.5) is 13.2 Å². The van der Waals surface area contributed by atoms with Crippen molar-refractivity contribution in [2.45, 2.75) is 31.3 Å². The zero-order valence-corrected chi connectivity index (χ0v) is 11.4. The number of nitrogens with one attached hydrogen (secondary N) is 1. The predicted octanol–water partition coefficient (Wildman–Crippen LogP) is 2.66. The zero-order chi connectivity index (χ0) is 14.3. The third kappa shape index (κ3) is 2.69. The molecule has 3 nitrogen and oxygen atoms in total. The Kier molecular flexibility index (Phi) is 3.50. The van der Waals surface area contributed by atoms with E-state index >= 15 is 0 Å². The summed E-state index contributed by atoms with van der Waals surface area (Å²) < 4.78 is 44.1. The number of carbonyl (C=O) groups is 1. The van der Waals surface area contributed by atoms with E-state index in [1.807, 2.05) is 0 Å². The van der Waals surface area contributed by atoms with Gasteiger partial charge < -0.3 is 10.1 Å². The normalized spacial score (nSPS) is 24.9. The molecule has 20 heavy (non-hydrogen) atoms. The van der Waals surface area contributed by atoms with Crippen molar-refractivity contribution >= 4 is 17.2 Å². The van der Waals surface area contributed by atoms with Gasteiger partial charge in [0.05, 0.1) is 6.61 Å². The van der Waals surface area contributed by atoms with Crippen molar-refractivity contribution in [3.8, 4) is 0 Å². The van der Waals surface area contributed by atoms with Crippen LogP contribution in [0, 0.1) is 11.0 Å². The van der Waals surface area contributed by atoms with Crippen LogP contribution < -0.4 is 5.32 Å². The Bertz CT molecular complexity index is 524. The minimum atomic E-state index is -2.70. The van der Waals surface area contributed by atoms with Crippen molar-refractivity contribution in [3.05, 3.63) is 21.6 Å². The summed E-state index contributed by atoms with van der Waals surface area (Å²) in [6, 6.07) is 1.42. The first-order valence-corrected chi connectivity index (χ1v) is 7.31. The van der Waals surface area contributed by atoms with Crippen LogP contribution in [0.2, 0.25) is 0 Å². The van der Waals surface area contributed by atoms with E-state index in [4.69, 9.17) is 4.74 Å². The average molecular weight is 305 g/mol. The molecule has 1 aliphatic carbocycles. The Balaban J connectivity index is 1.56. The first-order chi connectivity index (χ1) is 9.44. The number of fused-ring (bicyclic) bond motifs is 1. The van der Waals surface area contributed by atoms with E-state index in [-0.39, 0.29) is 36.5 Å². The molecule has 110 valence electrons.